The van der Waals surface area contributed by atoms with Crippen LogP contribution in [-0.2, 0) is 0 Å². The third kappa shape index (κ3) is 2.55. The van der Waals surface area contributed by atoms with Gasteiger partial charge in [0.1, 0.15) is 5.76 Å². The zero-order valence-corrected chi connectivity index (χ0v) is 11.0. The third-order valence-electron chi connectivity index (χ3n) is 2.30. The van der Waals surface area contributed by atoms with Gasteiger partial charge in [-0.25, -0.2) is 0 Å². The number of halogens is 1. The van der Waals surface area contributed by atoms with Gasteiger partial charge in [-0.2, -0.15) is 0 Å². The molecule has 0 saturated carbocycles. The van der Waals surface area contributed by atoms with Gasteiger partial charge in [0.25, 0.3) is 5.91 Å². The van der Waals surface area contributed by atoms with E-state index >= 15 is 0 Å². The van der Waals surface area contributed by atoms with Gasteiger partial charge in [-0.15, -0.1) is 0 Å². The molecule has 88 valence electrons. The zero-order valence-electron chi connectivity index (χ0n) is 9.45. The molecule has 2 rings (SSSR count). The maximum Gasteiger partial charge on any atom is 0.277 e. The maximum absolute atomic E-state index is 11.8. The molecule has 0 aliphatic heterocycles. The molecule has 0 bridgehead atoms. The number of carbonyl (C=O) groups is 1. The van der Waals surface area contributed by atoms with Gasteiger partial charge in [0.2, 0.25) is 0 Å². The number of nitrogens with one attached hydrogen (secondary N) is 1. The Labute approximate surface area is 107 Å². The molecule has 0 fully saturated rings. The molecule has 2 aromatic rings. The Morgan fingerprint density at radius 2 is 2.18 bits per heavy atom. The summed E-state index contributed by atoms with van der Waals surface area (Å²) in [7, 11) is 0. The lowest BCUT2D eigenvalue weighted by atomic mass is 10.2. The Hall–Kier alpha value is -1.62. The van der Waals surface area contributed by atoms with Gasteiger partial charge in [-0.05, 0) is 41.4 Å². The van der Waals surface area contributed by atoms with Crippen molar-refractivity contribution in [3.05, 3.63) is 45.8 Å². The Kier molecular flexibility index (Phi) is 3.28. The first-order valence-corrected chi connectivity index (χ1v) is 5.87. The largest absolute Gasteiger partial charge is 0.361 e. The third-order valence-corrected chi connectivity index (χ3v) is 3.35. The summed E-state index contributed by atoms with van der Waals surface area (Å²) in [4.78, 5) is 11.8. The summed E-state index contributed by atoms with van der Waals surface area (Å²) < 4.78 is 5.72. The number of carbonyl (C=O) groups excluding carboxylic acids is 1. The van der Waals surface area contributed by atoms with E-state index < -0.39 is 0 Å². The highest BCUT2D eigenvalue weighted by Crippen LogP contribution is 2.26. The Bertz CT molecular complexity index is 563. The van der Waals surface area contributed by atoms with Crippen molar-refractivity contribution in [2.75, 3.05) is 5.32 Å². The lowest BCUT2D eigenvalue weighted by Crippen LogP contribution is -2.12. The SMILES string of the molecule is Cc1cc(C(=O)Nc2cccc(C)c2Br)no1. The molecule has 5 heteroatoms. The van der Waals surface area contributed by atoms with Crippen LogP contribution in [0.1, 0.15) is 21.8 Å². The second kappa shape index (κ2) is 4.71. The summed E-state index contributed by atoms with van der Waals surface area (Å²) in [6.07, 6.45) is 0. The van der Waals surface area contributed by atoms with Crippen molar-refractivity contribution in [3.63, 3.8) is 0 Å². The molecule has 0 atom stereocenters. The molecule has 1 N–H and O–H groups in total. The molecule has 1 heterocycles. The fraction of sp³-hybridized carbons (Fsp3) is 0.167. The highest BCUT2D eigenvalue weighted by Gasteiger charge is 2.12. The number of hydrogen-bond donors (Lipinski definition) is 1. The normalized spacial score (nSPS) is 10.3. The number of nitrogens with zero attached hydrogens (tertiary/aromatic N) is 1. The fourth-order valence-corrected chi connectivity index (χ4v) is 1.77. The number of amides is 1. The average Bonchev–Trinajstić information content (AvgIpc) is 2.72. The number of benzene rings is 1. The molecule has 1 aromatic heterocycles. The second-order valence-electron chi connectivity index (χ2n) is 3.71. The molecule has 0 radical (unpaired) electrons. The number of hydrogen-bond acceptors (Lipinski definition) is 3. The molecule has 0 aliphatic carbocycles. The van der Waals surface area contributed by atoms with Crippen molar-refractivity contribution in [2.45, 2.75) is 13.8 Å². The summed E-state index contributed by atoms with van der Waals surface area (Å²) >= 11 is 3.43. The average molecular weight is 295 g/mol. The number of aromatic nitrogens is 1. The van der Waals surface area contributed by atoms with Crippen LogP contribution in [-0.4, -0.2) is 11.1 Å². The van der Waals surface area contributed by atoms with Crippen LogP contribution in [0.4, 0.5) is 5.69 Å². The molecule has 1 aromatic carbocycles. The van der Waals surface area contributed by atoms with Crippen molar-refractivity contribution in [1.29, 1.82) is 0 Å². The minimum absolute atomic E-state index is 0.274. The van der Waals surface area contributed by atoms with E-state index in [0.29, 0.717) is 5.76 Å². The number of anilines is 1. The zero-order chi connectivity index (χ0) is 12.4. The second-order valence-corrected chi connectivity index (χ2v) is 4.51. The van der Waals surface area contributed by atoms with Crippen LogP contribution in [0.25, 0.3) is 0 Å². The van der Waals surface area contributed by atoms with Gasteiger partial charge < -0.3 is 9.84 Å². The van der Waals surface area contributed by atoms with Crippen LogP contribution >= 0.6 is 15.9 Å². The molecule has 0 spiro atoms. The van der Waals surface area contributed by atoms with E-state index in [4.69, 9.17) is 4.52 Å². The van der Waals surface area contributed by atoms with Gasteiger partial charge in [0.05, 0.1) is 5.69 Å². The minimum atomic E-state index is -0.284. The van der Waals surface area contributed by atoms with Crippen molar-refractivity contribution < 1.29 is 9.32 Å². The van der Waals surface area contributed by atoms with E-state index in [-0.39, 0.29) is 11.6 Å². The predicted molar refractivity (Wildman–Crippen MR) is 68.1 cm³/mol. The van der Waals surface area contributed by atoms with Crippen LogP contribution in [0.3, 0.4) is 0 Å². The van der Waals surface area contributed by atoms with Crippen molar-refractivity contribution in [1.82, 2.24) is 5.16 Å². The van der Waals surface area contributed by atoms with Crippen molar-refractivity contribution in [2.24, 2.45) is 0 Å². The lowest BCUT2D eigenvalue weighted by Gasteiger charge is -2.07. The monoisotopic (exact) mass is 294 g/mol. The molecule has 4 nitrogen and oxygen atoms in total. The van der Waals surface area contributed by atoms with Gasteiger partial charge in [0, 0.05) is 10.5 Å². The highest BCUT2D eigenvalue weighted by molar-refractivity contribution is 9.10. The molecular formula is C12H11BrN2O2. The summed E-state index contributed by atoms with van der Waals surface area (Å²) in [5.74, 6) is 0.326. The van der Waals surface area contributed by atoms with Gasteiger partial charge in [-0.3, -0.25) is 4.79 Å². The maximum atomic E-state index is 11.8. The predicted octanol–water partition coefficient (Wildman–Crippen LogP) is 3.31. The summed E-state index contributed by atoms with van der Waals surface area (Å²) in [6.45, 7) is 3.70. The van der Waals surface area contributed by atoms with Crippen LogP contribution in [0.15, 0.2) is 33.3 Å². The van der Waals surface area contributed by atoms with Crippen LogP contribution in [0, 0.1) is 13.8 Å². The smallest absolute Gasteiger partial charge is 0.277 e. The Morgan fingerprint density at radius 3 is 2.82 bits per heavy atom. The van der Waals surface area contributed by atoms with Crippen LogP contribution < -0.4 is 5.32 Å². The molecule has 0 unspecified atom stereocenters. The first-order valence-electron chi connectivity index (χ1n) is 5.07. The number of rotatable bonds is 2. The van der Waals surface area contributed by atoms with Gasteiger partial charge in [0.15, 0.2) is 5.69 Å². The van der Waals surface area contributed by atoms with Gasteiger partial charge in [-0.1, -0.05) is 17.3 Å². The quantitative estimate of drug-likeness (QED) is 0.924. The van der Waals surface area contributed by atoms with E-state index in [1.54, 1.807) is 13.0 Å². The minimum Gasteiger partial charge on any atom is -0.361 e. The van der Waals surface area contributed by atoms with Crippen molar-refractivity contribution in [3.8, 4) is 0 Å². The van der Waals surface area contributed by atoms with E-state index in [1.807, 2.05) is 25.1 Å². The Morgan fingerprint density at radius 1 is 1.41 bits per heavy atom. The van der Waals surface area contributed by atoms with Gasteiger partial charge >= 0.3 is 0 Å². The first kappa shape index (κ1) is 11.9. The van der Waals surface area contributed by atoms with E-state index in [2.05, 4.69) is 26.4 Å². The highest BCUT2D eigenvalue weighted by atomic mass is 79.9. The summed E-state index contributed by atoms with van der Waals surface area (Å²) in [5.41, 5.74) is 2.05. The topological polar surface area (TPSA) is 55.1 Å². The summed E-state index contributed by atoms with van der Waals surface area (Å²) in [5, 5.41) is 6.43. The van der Waals surface area contributed by atoms with E-state index in [9.17, 15) is 4.79 Å². The number of aryl methyl sites for hydroxylation is 2. The lowest BCUT2D eigenvalue weighted by molar-refractivity contribution is 0.101. The summed E-state index contributed by atoms with van der Waals surface area (Å²) in [6, 6.07) is 7.25. The fourth-order valence-electron chi connectivity index (χ4n) is 1.40. The van der Waals surface area contributed by atoms with Crippen LogP contribution in [0.5, 0.6) is 0 Å². The Balaban J connectivity index is 2.21. The molecule has 0 aliphatic rings. The molecule has 1 amide bonds. The molecule has 0 saturated heterocycles. The molecular weight excluding hydrogens is 284 g/mol. The first-order chi connectivity index (χ1) is 8.08. The van der Waals surface area contributed by atoms with E-state index in [0.717, 1.165) is 15.7 Å². The van der Waals surface area contributed by atoms with Crippen LogP contribution in [0.2, 0.25) is 0 Å². The van der Waals surface area contributed by atoms with Crippen molar-refractivity contribution >= 4 is 27.5 Å². The molecule has 17 heavy (non-hydrogen) atoms. The standard InChI is InChI=1S/C12H11BrN2O2/c1-7-4-3-5-9(11(7)13)14-12(16)10-6-8(2)17-15-10/h3-6H,1-2H3,(H,14,16). The van der Waals surface area contributed by atoms with E-state index in [1.165, 1.54) is 0 Å².